The predicted molar refractivity (Wildman–Crippen MR) is 60.0 cm³/mol. The standard InChI is InChI=1S/C11H14N2OS/c14-11(10-8-12-13-15-10)9-6-4-2-1-3-5-7-9/h6,8H,1-5,7H2. The van der Waals surface area contributed by atoms with Crippen molar-refractivity contribution in [2.75, 3.05) is 0 Å². The lowest BCUT2D eigenvalue weighted by molar-refractivity contribution is 0.103. The van der Waals surface area contributed by atoms with Crippen LogP contribution in [0.25, 0.3) is 0 Å². The largest absolute Gasteiger partial charge is 0.288 e. The van der Waals surface area contributed by atoms with Crippen molar-refractivity contribution in [1.29, 1.82) is 0 Å². The van der Waals surface area contributed by atoms with E-state index in [4.69, 9.17) is 0 Å². The van der Waals surface area contributed by atoms with Gasteiger partial charge in [-0.2, -0.15) is 0 Å². The van der Waals surface area contributed by atoms with Gasteiger partial charge in [0.15, 0.2) is 0 Å². The number of Topliss-reactive ketones (excluding diaryl/α,β-unsaturated/α-hetero) is 1. The molecule has 0 radical (unpaired) electrons. The summed E-state index contributed by atoms with van der Waals surface area (Å²) in [6, 6.07) is 0. The zero-order valence-corrected chi connectivity index (χ0v) is 9.42. The van der Waals surface area contributed by atoms with E-state index in [2.05, 4.69) is 15.7 Å². The normalized spacial score (nSPS) is 17.7. The van der Waals surface area contributed by atoms with E-state index in [1.165, 1.54) is 30.8 Å². The van der Waals surface area contributed by atoms with Gasteiger partial charge in [0.1, 0.15) is 4.88 Å². The molecule has 0 aliphatic heterocycles. The van der Waals surface area contributed by atoms with Gasteiger partial charge in [-0.15, -0.1) is 5.10 Å². The van der Waals surface area contributed by atoms with Gasteiger partial charge in [0.25, 0.3) is 0 Å². The first-order valence-electron chi connectivity index (χ1n) is 5.39. The molecule has 0 unspecified atom stereocenters. The molecule has 3 nitrogen and oxygen atoms in total. The topological polar surface area (TPSA) is 42.9 Å². The summed E-state index contributed by atoms with van der Waals surface area (Å²) in [5.74, 6) is 0.131. The molecule has 0 bridgehead atoms. The Morgan fingerprint density at radius 2 is 2.13 bits per heavy atom. The number of rotatable bonds is 2. The Bertz CT molecular complexity index is 357. The maximum atomic E-state index is 12.0. The third kappa shape index (κ3) is 2.72. The van der Waals surface area contributed by atoms with E-state index in [0.29, 0.717) is 4.88 Å². The molecule has 4 heteroatoms. The lowest BCUT2D eigenvalue weighted by Crippen LogP contribution is -2.03. The Labute approximate surface area is 93.4 Å². The summed E-state index contributed by atoms with van der Waals surface area (Å²) in [6.45, 7) is 0. The number of hydrogen-bond acceptors (Lipinski definition) is 4. The second-order valence-corrected chi connectivity index (χ2v) is 4.58. The minimum atomic E-state index is 0.131. The van der Waals surface area contributed by atoms with Crippen LogP contribution in [0.15, 0.2) is 17.8 Å². The maximum Gasteiger partial charge on any atom is 0.201 e. The van der Waals surface area contributed by atoms with Crippen molar-refractivity contribution in [2.24, 2.45) is 0 Å². The fourth-order valence-electron chi connectivity index (χ4n) is 1.82. The molecule has 0 N–H and O–H groups in total. The van der Waals surface area contributed by atoms with Gasteiger partial charge < -0.3 is 0 Å². The van der Waals surface area contributed by atoms with Crippen molar-refractivity contribution in [3.05, 3.63) is 22.7 Å². The van der Waals surface area contributed by atoms with E-state index in [1.54, 1.807) is 6.20 Å². The maximum absolute atomic E-state index is 12.0. The molecular weight excluding hydrogens is 208 g/mol. The molecule has 1 aromatic heterocycles. The third-order valence-corrected chi connectivity index (χ3v) is 3.33. The molecule has 2 rings (SSSR count). The van der Waals surface area contributed by atoms with Crippen LogP contribution in [0.5, 0.6) is 0 Å². The highest BCUT2D eigenvalue weighted by Crippen LogP contribution is 2.21. The molecule has 1 aliphatic rings. The Hall–Kier alpha value is -1.03. The molecule has 1 aromatic rings. The second kappa shape index (κ2) is 5.16. The zero-order chi connectivity index (χ0) is 10.5. The lowest BCUT2D eigenvalue weighted by Gasteiger charge is -2.08. The van der Waals surface area contributed by atoms with E-state index in [9.17, 15) is 4.79 Å². The molecule has 1 heterocycles. The van der Waals surface area contributed by atoms with Crippen molar-refractivity contribution in [3.8, 4) is 0 Å². The number of nitrogens with zero attached hydrogens (tertiary/aromatic N) is 2. The number of carbonyl (C=O) groups is 1. The number of allylic oxidation sites excluding steroid dienone is 2. The highest BCUT2D eigenvalue weighted by atomic mass is 32.1. The molecule has 0 atom stereocenters. The van der Waals surface area contributed by atoms with E-state index in [1.807, 2.05) is 0 Å². The van der Waals surface area contributed by atoms with Gasteiger partial charge >= 0.3 is 0 Å². The van der Waals surface area contributed by atoms with Crippen LogP contribution >= 0.6 is 11.5 Å². The van der Waals surface area contributed by atoms with E-state index < -0.39 is 0 Å². The summed E-state index contributed by atoms with van der Waals surface area (Å²) in [6.07, 6.45) is 10.5. The van der Waals surface area contributed by atoms with Gasteiger partial charge in [0, 0.05) is 0 Å². The smallest absolute Gasteiger partial charge is 0.201 e. The molecule has 0 aromatic carbocycles. The summed E-state index contributed by atoms with van der Waals surface area (Å²) >= 11 is 1.19. The van der Waals surface area contributed by atoms with Crippen LogP contribution in [-0.2, 0) is 0 Å². The fourth-order valence-corrected chi connectivity index (χ4v) is 2.31. The Morgan fingerprint density at radius 3 is 2.93 bits per heavy atom. The molecular formula is C11H14N2OS. The highest BCUT2D eigenvalue weighted by molar-refractivity contribution is 7.08. The number of ketones is 1. The number of carbonyl (C=O) groups excluding carboxylic acids is 1. The van der Waals surface area contributed by atoms with Crippen LogP contribution < -0.4 is 0 Å². The first kappa shape index (κ1) is 10.5. The summed E-state index contributed by atoms with van der Waals surface area (Å²) in [7, 11) is 0. The minimum absolute atomic E-state index is 0.131. The van der Waals surface area contributed by atoms with Gasteiger partial charge in [-0.3, -0.25) is 4.79 Å². The molecule has 0 amide bonds. The molecule has 1 aliphatic carbocycles. The van der Waals surface area contributed by atoms with Crippen molar-refractivity contribution in [1.82, 2.24) is 9.59 Å². The molecule has 15 heavy (non-hydrogen) atoms. The third-order valence-electron chi connectivity index (χ3n) is 2.67. The van der Waals surface area contributed by atoms with Crippen LogP contribution in [0.2, 0.25) is 0 Å². The van der Waals surface area contributed by atoms with Crippen molar-refractivity contribution in [2.45, 2.75) is 38.5 Å². The van der Waals surface area contributed by atoms with Crippen LogP contribution in [0.4, 0.5) is 0 Å². The summed E-state index contributed by atoms with van der Waals surface area (Å²) < 4.78 is 3.72. The summed E-state index contributed by atoms with van der Waals surface area (Å²) in [5, 5.41) is 3.70. The predicted octanol–water partition coefficient (Wildman–Crippen LogP) is 3.00. The Morgan fingerprint density at radius 1 is 1.27 bits per heavy atom. The van der Waals surface area contributed by atoms with E-state index in [0.717, 1.165) is 24.8 Å². The van der Waals surface area contributed by atoms with Gasteiger partial charge in [-0.25, -0.2) is 0 Å². The monoisotopic (exact) mass is 222 g/mol. The fraction of sp³-hybridized carbons (Fsp3) is 0.545. The van der Waals surface area contributed by atoms with E-state index >= 15 is 0 Å². The van der Waals surface area contributed by atoms with Crippen LogP contribution in [0.1, 0.15) is 48.2 Å². The average molecular weight is 222 g/mol. The van der Waals surface area contributed by atoms with Gasteiger partial charge in [-0.1, -0.05) is 23.4 Å². The Balaban J connectivity index is 2.11. The van der Waals surface area contributed by atoms with Crippen LogP contribution in [0.3, 0.4) is 0 Å². The molecule has 0 fully saturated rings. The van der Waals surface area contributed by atoms with Crippen molar-refractivity contribution >= 4 is 17.3 Å². The van der Waals surface area contributed by atoms with E-state index in [-0.39, 0.29) is 5.78 Å². The average Bonchev–Trinajstić information content (AvgIpc) is 2.68. The van der Waals surface area contributed by atoms with Gasteiger partial charge in [-0.05, 0) is 42.8 Å². The number of hydrogen-bond donors (Lipinski definition) is 0. The van der Waals surface area contributed by atoms with Crippen molar-refractivity contribution < 1.29 is 4.79 Å². The first-order chi connectivity index (χ1) is 7.38. The van der Waals surface area contributed by atoms with Gasteiger partial charge in [0.05, 0.1) is 6.20 Å². The highest BCUT2D eigenvalue weighted by Gasteiger charge is 2.14. The summed E-state index contributed by atoms with van der Waals surface area (Å²) in [4.78, 5) is 12.7. The first-order valence-corrected chi connectivity index (χ1v) is 6.16. The van der Waals surface area contributed by atoms with Crippen LogP contribution in [-0.4, -0.2) is 15.4 Å². The number of aromatic nitrogens is 2. The van der Waals surface area contributed by atoms with Gasteiger partial charge in [0.2, 0.25) is 5.78 Å². The molecule has 0 spiro atoms. The quantitative estimate of drug-likeness (QED) is 0.722. The Kier molecular flexibility index (Phi) is 3.61. The minimum Gasteiger partial charge on any atom is -0.288 e. The molecule has 0 saturated carbocycles. The molecule has 0 saturated heterocycles. The summed E-state index contributed by atoms with van der Waals surface area (Å²) in [5.41, 5.74) is 0.959. The van der Waals surface area contributed by atoms with Crippen molar-refractivity contribution in [3.63, 3.8) is 0 Å². The zero-order valence-electron chi connectivity index (χ0n) is 8.61. The SMILES string of the molecule is O=C(C1=CCCCCCC1)c1cnns1. The van der Waals surface area contributed by atoms with Crippen LogP contribution in [0, 0.1) is 0 Å². The second-order valence-electron chi connectivity index (χ2n) is 3.79. The molecule has 80 valence electrons. The lowest BCUT2D eigenvalue weighted by atomic mass is 9.97.